The molecule has 0 bridgehead atoms. The molecule has 0 aliphatic carbocycles. The first-order valence-electron chi connectivity index (χ1n) is 8.49. The van der Waals surface area contributed by atoms with Crippen molar-refractivity contribution in [1.82, 2.24) is 10.3 Å². The number of nitrogens with zero attached hydrogens (tertiary/aromatic N) is 1. The summed E-state index contributed by atoms with van der Waals surface area (Å²) in [5, 5.41) is 6.28. The van der Waals surface area contributed by atoms with Gasteiger partial charge in [0.1, 0.15) is 5.01 Å². The average molecular weight is 401 g/mol. The predicted octanol–water partition coefficient (Wildman–Crippen LogP) is 4.47. The van der Waals surface area contributed by atoms with Gasteiger partial charge in [-0.25, -0.2) is 4.98 Å². The van der Waals surface area contributed by atoms with Gasteiger partial charge in [-0.2, -0.15) is 0 Å². The highest BCUT2D eigenvalue weighted by Gasteiger charge is 2.20. The molecule has 3 aromatic rings. The molecule has 0 unspecified atom stereocenters. The van der Waals surface area contributed by atoms with Crippen molar-refractivity contribution in [3.63, 3.8) is 0 Å². The van der Waals surface area contributed by atoms with Gasteiger partial charge < -0.3 is 14.8 Å². The molecule has 0 saturated heterocycles. The Morgan fingerprint density at radius 1 is 1.26 bits per heavy atom. The van der Waals surface area contributed by atoms with Gasteiger partial charge in [-0.05, 0) is 19.1 Å². The van der Waals surface area contributed by atoms with E-state index in [0.29, 0.717) is 35.1 Å². The number of carbonyl (C=O) groups excluding carboxylic acids is 1. The number of thiazole rings is 1. The van der Waals surface area contributed by atoms with E-state index in [2.05, 4.69) is 41.5 Å². The lowest BCUT2D eigenvalue weighted by molar-refractivity contribution is 0.0953. The van der Waals surface area contributed by atoms with Gasteiger partial charge >= 0.3 is 0 Å². The minimum Gasteiger partial charge on any atom is -0.454 e. The summed E-state index contributed by atoms with van der Waals surface area (Å²) in [5.41, 5.74) is 3.74. The molecular weight excluding hydrogens is 384 g/mol. The Hall–Kier alpha value is -2.57. The van der Waals surface area contributed by atoms with E-state index in [1.807, 2.05) is 5.38 Å². The Morgan fingerprint density at radius 3 is 2.89 bits per heavy atom. The number of aryl methyl sites for hydroxylation is 1. The highest BCUT2D eigenvalue weighted by Crippen LogP contribution is 2.39. The highest BCUT2D eigenvalue weighted by molar-refractivity contribution is 7.13. The zero-order valence-electron chi connectivity index (χ0n) is 14.6. The number of halogens is 1. The van der Waals surface area contributed by atoms with E-state index in [1.54, 1.807) is 23.5 Å². The lowest BCUT2D eigenvalue weighted by Crippen LogP contribution is -2.25. The summed E-state index contributed by atoms with van der Waals surface area (Å²) in [4.78, 5) is 17.0. The highest BCUT2D eigenvalue weighted by atomic mass is 35.5. The van der Waals surface area contributed by atoms with Crippen LogP contribution in [0.1, 0.15) is 21.6 Å². The van der Waals surface area contributed by atoms with Gasteiger partial charge in [0.2, 0.25) is 6.79 Å². The minimum absolute atomic E-state index is 0.118. The average Bonchev–Trinajstić information content (AvgIpc) is 3.32. The first-order valence-corrected chi connectivity index (χ1v) is 9.75. The van der Waals surface area contributed by atoms with E-state index >= 15 is 0 Å². The second kappa shape index (κ2) is 7.58. The summed E-state index contributed by atoms with van der Waals surface area (Å²) < 4.78 is 10.6. The maximum Gasteiger partial charge on any atom is 0.251 e. The minimum atomic E-state index is -0.204. The fourth-order valence-electron chi connectivity index (χ4n) is 2.76. The van der Waals surface area contributed by atoms with Crippen molar-refractivity contribution in [2.45, 2.75) is 13.3 Å². The molecule has 1 aromatic heterocycles. The van der Waals surface area contributed by atoms with Crippen LogP contribution in [0.5, 0.6) is 11.5 Å². The van der Waals surface area contributed by atoms with Crippen molar-refractivity contribution < 1.29 is 14.3 Å². The normalized spacial score (nSPS) is 12.2. The van der Waals surface area contributed by atoms with E-state index in [-0.39, 0.29) is 12.7 Å². The van der Waals surface area contributed by atoms with Crippen LogP contribution in [0.4, 0.5) is 0 Å². The van der Waals surface area contributed by atoms with Crippen LogP contribution in [0.3, 0.4) is 0 Å². The smallest absolute Gasteiger partial charge is 0.251 e. The Bertz CT molecular complexity index is 985. The zero-order chi connectivity index (χ0) is 18.8. The van der Waals surface area contributed by atoms with Crippen LogP contribution in [0.15, 0.2) is 41.8 Å². The molecule has 2 heterocycles. The number of carbonyl (C=O) groups is 1. The number of amides is 1. The molecule has 27 heavy (non-hydrogen) atoms. The molecule has 0 radical (unpaired) electrons. The number of hydrogen-bond donors (Lipinski definition) is 1. The van der Waals surface area contributed by atoms with Gasteiger partial charge in [-0.3, -0.25) is 4.79 Å². The van der Waals surface area contributed by atoms with Gasteiger partial charge in [0.15, 0.2) is 11.5 Å². The molecule has 0 saturated carbocycles. The molecule has 1 amide bonds. The lowest BCUT2D eigenvalue weighted by atomic mass is 10.1. The van der Waals surface area contributed by atoms with E-state index in [0.717, 1.165) is 16.3 Å². The molecule has 0 fully saturated rings. The summed E-state index contributed by atoms with van der Waals surface area (Å²) in [6, 6.07) is 11.5. The number of hydrogen-bond acceptors (Lipinski definition) is 5. The van der Waals surface area contributed by atoms with Crippen molar-refractivity contribution in [3.05, 3.63) is 63.6 Å². The van der Waals surface area contributed by atoms with Crippen LogP contribution in [0.25, 0.3) is 10.6 Å². The fraction of sp³-hybridized carbons (Fsp3) is 0.200. The molecule has 1 aliphatic rings. The second-order valence-electron chi connectivity index (χ2n) is 6.21. The van der Waals surface area contributed by atoms with Crippen molar-refractivity contribution in [1.29, 1.82) is 0 Å². The quantitative estimate of drug-likeness (QED) is 0.686. The summed E-state index contributed by atoms with van der Waals surface area (Å²) in [6.07, 6.45) is 0.659. The van der Waals surface area contributed by atoms with Crippen LogP contribution in [0.2, 0.25) is 5.02 Å². The summed E-state index contributed by atoms with van der Waals surface area (Å²) >= 11 is 7.73. The number of benzene rings is 2. The van der Waals surface area contributed by atoms with Crippen molar-refractivity contribution in [3.8, 4) is 22.1 Å². The Morgan fingerprint density at radius 2 is 2.07 bits per heavy atom. The standard InChI is InChI=1S/C20H17ClN2O3S/c1-12-2-4-13(5-3-12)20-23-15(10-27-20)6-7-22-19(24)14-8-16(21)18-17(9-14)25-11-26-18/h2-5,8-10H,6-7,11H2,1H3,(H,22,24). The Kier molecular flexibility index (Phi) is 5.01. The summed E-state index contributed by atoms with van der Waals surface area (Å²) in [5.74, 6) is 0.776. The lowest BCUT2D eigenvalue weighted by Gasteiger charge is -2.06. The molecule has 4 rings (SSSR count). The van der Waals surface area contributed by atoms with E-state index in [1.165, 1.54) is 5.56 Å². The van der Waals surface area contributed by atoms with E-state index in [4.69, 9.17) is 21.1 Å². The third-order valence-electron chi connectivity index (χ3n) is 4.21. The van der Waals surface area contributed by atoms with Crippen LogP contribution in [0, 0.1) is 6.92 Å². The first-order chi connectivity index (χ1) is 13.1. The van der Waals surface area contributed by atoms with Gasteiger partial charge in [-0.1, -0.05) is 41.4 Å². The number of nitrogens with one attached hydrogen (secondary N) is 1. The maximum atomic E-state index is 12.4. The molecule has 7 heteroatoms. The molecular formula is C20H17ClN2O3S. The van der Waals surface area contributed by atoms with Gasteiger partial charge in [0.25, 0.3) is 5.91 Å². The number of aromatic nitrogens is 1. The third kappa shape index (κ3) is 3.91. The zero-order valence-corrected chi connectivity index (χ0v) is 16.2. The Labute approximate surface area is 165 Å². The van der Waals surface area contributed by atoms with Crippen LogP contribution >= 0.6 is 22.9 Å². The van der Waals surface area contributed by atoms with Crippen molar-refractivity contribution in [2.75, 3.05) is 13.3 Å². The second-order valence-corrected chi connectivity index (χ2v) is 7.47. The van der Waals surface area contributed by atoms with Crippen LogP contribution in [-0.4, -0.2) is 24.2 Å². The predicted molar refractivity (Wildman–Crippen MR) is 106 cm³/mol. The largest absolute Gasteiger partial charge is 0.454 e. The van der Waals surface area contributed by atoms with Crippen molar-refractivity contribution in [2.24, 2.45) is 0 Å². The molecule has 1 N–H and O–H groups in total. The monoisotopic (exact) mass is 400 g/mol. The van der Waals surface area contributed by atoms with Crippen molar-refractivity contribution >= 4 is 28.8 Å². The van der Waals surface area contributed by atoms with Gasteiger partial charge in [-0.15, -0.1) is 11.3 Å². The fourth-order valence-corrected chi connectivity index (χ4v) is 3.88. The van der Waals surface area contributed by atoms with Crippen LogP contribution in [-0.2, 0) is 6.42 Å². The van der Waals surface area contributed by atoms with E-state index in [9.17, 15) is 4.79 Å². The maximum absolute atomic E-state index is 12.4. The molecule has 1 aliphatic heterocycles. The molecule has 0 atom stereocenters. The molecule has 0 spiro atoms. The van der Waals surface area contributed by atoms with Crippen LogP contribution < -0.4 is 14.8 Å². The number of fused-ring (bicyclic) bond motifs is 1. The summed E-state index contributed by atoms with van der Waals surface area (Å²) in [7, 11) is 0. The van der Waals surface area contributed by atoms with E-state index < -0.39 is 0 Å². The van der Waals surface area contributed by atoms with Gasteiger partial charge in [0, 0.05) is 29.5 Å². The molecule has 138 valence electrons. The SMILES string of the molecule is Cc1ccc(-c2nc(CCNC(=O)c3cc(Cl)c4c(c3)OCO4)cs2)cc1. The third-order valence-corrected chi connectivity index (χ3v) is 5.43. The number of ether oxygens (including phenoxy) is 2. The molecule has 2 aromatic carbocycles. The van der Waals surface area contributed by atoms with Gasteiger partial charge in [0.05, 0.1) is 10.7 Å². The topological polar surface area (TPSA) is 60.5 Å². The Balaban J connectivity index is 1.35. The summed E-state index contributed by atoms with van der Waals surface area (Å²) in [6.45, 7) is 2.67. The first kappa shape index (κ1) is 17.8. The molecule has 5 nitrogen and oxygen atoms in total. The number of rotatable bonds is 5.